The summed E-state index contributed by atoms with van der Waals surface area (Å²) in [5, 5.41) is 3.39. The molecule has 6 rings (SSSR count). The Hall–Kier alpha value is -4.06. The number of amidine groups is 1. The Balaban J connectivity index is 1.17. The highest BCUT2D eigenvalue weighted by atomic mass is 16.5. The van der Waals surface area contributed by atoms with Gasteiger partial charge in [-0.3, -0.25) is 14.5 Å². The summed E-state index contributed by atoms with van der Waals surface area (Å²) in [6, 6.07) is 11.7. The Labute approximate surface area is 227 Å². The number of aromatic nitrogens is 1. The van der Waals surface area contributed by atoms with Crippen LogP contribution in [-0.4, -0.2) is 91.7 Å². The number of ether oxygens (including phenoxy) is 2. The number of anilines is 2. The third-order valence-electron chi connectivity index (χ3n) is 7.20. The molecule has 11 heteroatoms. The maximum Gasteiger partial charge on any atom is 0.257 e. The first kappa shape index (κ1) is 25.2. The molecule has 1 aromatic heterocycles. The van der Waals surface area contributed by atoms with Crippen molar-refractivity contribution in [1.29, 1.82) is 0 Å². The van der Waals surface area contributed by atoms with Crippen molar-refractivity contribution in [3.8, 4) is 0 Å². The number of nitrogens with zero attached hydrogens (tertiary/aromatic N) is 5. The van der Waals surface area contributed by atoms with E-state index in [0.717, 1.165) is 27.7 Å². The smallest absolute Gasteiger partial charge is 0.257 e. The van der Waals surface area contributed by atoms with Gasteiger partial charge < -0.3 is 24.6 Å². The lowest BCUT2D eigenvalue weighted by Gasteiger charge is -2.30. The Bertz CT molecular complexity index is 1310. The number of rotatable bonds is 6. The molecular weight excluding hydrogens is 498 g/mol. The molecule has 2 fully saturated rings. The number of hydrogen-bond donors (Lipinski definition) is 2. The highest BCUT2D eigenvalue weighted by Gasteiger charge is 2.31. The lowest BCUT2D eigenvalue weighted by atomic mass is 10.1. The molecule has 4 aliphatic rings. The van der Waals surface area contributed by atoms with E-state index in [0.29, 0.717) is 77.1 Å². The summed E-state index contributed by atoms with van der Waals surface area (Å²) >= 11 is 0. The van der Waals surface area contributed by atoms with E-state index in [1.165, 1.54) is 0 Å². The molecule has 0 bridgehead atoms. The minimum atomic E-state index is -0.0348. The molecule has 11 nitrogen and oxygen atoms in total. The topological polar surface area (TPSA) is 104 Å². The summed E-state index contributed by atoms with van der Waals surface area (Å²) in [5.74, 6) is 1.59. The first-order valence-corrected chi connectivity index (χ1v) is 13.3. The molecule has 2 aromatic rings. The molecular formula is C28H32N7O4+. The number of amides is 2. The van der Waals surface area contributed by atoms with Gasteiger partial charge in [0.2, 0.25) is 5.91 Å². The maximum atomic E-state index is 12.8. The van der Waals surface area contributed by atoms with Crippen LogP contribution in [0, 0.1) is 0 Å². The average Bonchev–Trinajstić information content (AvgIpc) is 3.48. The maximum absolute atomic E-state index is 12.8. The first-order chi connectivity index (χ1) is 19.1. The largest absolute Gasteiger partial charge is 0.378 e. The van der Waals surface area contributed by atoms with Crippen LogP contribution in [0.2, 0.25) is 0 Å². The predicted octanol–water partition coefficient (Wildman–Crippen LogP) is 0.455. The summed E-state index contributed by atoms with van der Waals surface area (Å²) < 4.78 is 10.7. The standard InChI is InChI=1S/C28H31N7O4/c36-26(32-8-12-38-13-9-32)17-21-2-1-3-23(16-21)35-19-24(27-29-6-7-34(27)20-35)31-25-5-4-22(18-30-25)28(37)33-10-14-39-15-11-33/h1-7,16,18-19H,8-15,17,20H2,(H,30,31)/p+1. The van der Waals surface area contributed by atoms with Gasteiger partial charge in [-0.05, 0) is 29.8 Å². The summed E-state index contributed by atoms with van der Waals surface area (Å²) in [6.45, 7) is 5.46. The fourth-order valence-corrected chi connectivity index (χ4v) is 5.06. The molecule has 0 radical (unpaired) electrons. The molecule has 0 saturated carbocycles. The molecule has 1 unspecified atom stereocenters. The summed E-state index contributed by atoms with van der Waals surface area (Å²) in [6.07, 6.45) is 7.81. The molecule has 0 aliphatic carbocycles. The normalized spacial score (nSPS) is 20.8. The average molecular weight is 531 g/mol. The van der Waals surface area contributed by atoms with Crippen molar-refractivity contribution in [1.82, 2.24) is 14.8 Å². The van der Waals surface area contributed by atoms with Gasteiger partial charge in [-0.15, -0.1) is 0 Å². The number of quaternary nitrogens is 1. The third kappa shape index (κ3) is 5.70. The van der Waals surface area contributed by atoms with Gasteiger partial charge in [-0.2, -0.15) is 4.99 Å². The molecule has 1 aromatic carbocycles. The Kier molecular flexibility index (Phi) is 7.35. The number of carbonyl (C=O) groups excluding carboxylic acids is 2. The number of aliphatic imine (C=N–C) groups is 1. The lowest BCUT2D eigenvalue weighted by Crippen LogP contribution is -3.12. The van der Waals surface area contributed by atoms with Crippen LogP contribution in [0.5, 0.6) is 0 Å². The van der Waals surface area contributed by atoms with Crippen molar-refractivity contribution in [3.63, 3.8) is 0 Å². The van der Waals surface area contributed by atoms with Crippen LogP contribution in [0.25, 0.3) is 0 Å². The number of morpholine rings is 2. The van der Waals surface area contributed by atoms with Crippen molar-refractivity contribution in [2.24, 2.45) is 4.99 Å². The molecule has 2 amide bonds. The molecule has 2 saturated heterocycles. The van der Waals surface area contributed by atoms with E-state index in [1.807, 2.05) is 41.6 Å². The monoisotopic (exact) mass is 530 g/mol. The molecule has 0 spiro atoms. The van der Waals surface area contributed by atoms with Crippen molar-refractivity contribution in [2.75, 3.05) is 69.5 Å². The third-order valence-corrected chi connectivity index (χ3v) is 7.20. The summed E-state index contributed by atoms with van der Waals surface area (Å²) in [5.41, 5.74) is 3.33. The number of nitrogens with one attached hydrogen (secondary N) is 2. The number of carbonyl (C=O) groups is 2. The van der Waals surface area contributed by atoms with Gasteiger partial charge in [0.25, 0.3) is 11.7 Å². The van der Waals surface area contributed by atoms with E-state index < -0.39 is 0 Å². The van der Waals surface area contributed by atoms with E-state index in [4.69, 9.17) is 9.47 Å². The van der Waals surface area contributed by atoms with Crippen molar-refractivity contribution >= 4 is 29.2 Å². The van der Waals surface area contributed by atoms with Gasteiger partial charge >= 0.3 is 0 Å². The minimum absolute atomic E-state index is 0.0348. The highest BCUT2D eigenvalue weighted by Crippen LogP contribution is 2.21. The van der Waals surface area contributed by atoms with E-state index >= 15 is 0 Å². The van der Waals surface area contributed by atoms with Crippen molar-refractivity contribution < 1.29 is 24.0 Å². The zero-order valence-corrected chi connectivity index (χ0v) is 21.7. The van der Waals surface area contributed by atoms with Crippen LogP contribution < -0.4 is 15.1 Å². The summed E-state index contributed by atoms with van der Waals surface area (Å²) in [7, 11) is 0. The van der Waals surface area contributed by atoms with E-state index in [2.05, 4.69) is 26.3 Å². The Morgan fingerprint density at radius 2 is 1.74 bits per heavy atom. The van der Waals surface area contributed by atoms with E-state index in [9.17, 15) is 9.59 Å². The van der Waals surface area contributed by atoms with Gasteiger partial charge in [0.15, 0.2) is 6.67 Å². The fraction of sp³-hybridized carbons (Fsp3) is 0.357. The van der Waals surface area contributed by atoms with Gasteiger partial charge in [-0.1, -0.05) is 12.1 Å². The van der Waals surface area contributed by atoms with Gasteiger partial charge in [0.1, 0.15) is 17.7 Å². The van der Waals surface area contributed by atoms with Crippen LogP contribution >= 0.6 is 0 Å². The Morgan fingerprint density at radius 3 is 2.49 bits per heavy atom. The van der Waals surface area contributed by atoms with Gasteiger partial charge in [-0.25, -0.2) is 9.88 Å². The van der Waals surface area contributed by atoms with E-state index in [1.54, 1.807) is 23.4 Å². The SMILES string of the molecule is O=C(Cc1cccc(N2C=C(Nc3ccc(C(=O)N4CCOCC4)cn3)C3=NC=C[NH+]3C2)c1)N1CCOCC1. The summed E-state index contributed by atoms with van der Waals surface area (Å²) in [4.78, 5) is 41.5. The van der Waals surface area contributed by atoms with E-state index in [-0.39, 0.29) is 11.8 Å². The molecule has 4 aliphatic heterocycles. The number of benzene rings is 1. The van der Waals surface area contributed by atoms with Crippen molar-refractivity contribution in [3.05, 3.63) is 78.0 Å². The van der Waals surface area contributed by atoms with Crippen LogP contribution in [0.4, 0.5) is 11.5 Å². The zero-order chi connectivity index (χ0) is 26.6. The molecule has 2 N–H and O–H groups in total. The number of fused-ring (bicyclic) bond motifs is 1. The van der Waals surface area contributed by atoms with Crippen LogP contribution in [-0.2, 0) is 20.7 Å². The molecule has 5 heterocycles. The minimum Gasteiger partial charge on any atom is -0.378 e. The van der Waals surface area contributed by atoms with Crippen LogP contribution in [0.15, 0.2) is 71.9 Å². The van der Waals surface area contributed by atoms with Gasteiger partial charge in [0, 0.05) is 44.3 Å². The quantitative estimate of drug-likeness (QED) is 0.559. The zero-order valence-electron chi connectivity index (χ0n) is 21.7. The first-order valence-electron chi connectivity index (χ1n) is 13.3. The lowest BCUT2D eigenvalue weighted by molar-refractivity contribution is -0.743. The second kappa shape index (κ2) is 11.4. The molecule has 39 heavy (non-hydrogen) atoms. The van der Waals surface area contributed by atoms with Crippen molar-refractivity contribution in [2.45, 2.75) is 6.42 Å². The van der Waals surface area contributed by atoms with Gasteiger partial charge in [0.05, 0.1) is 44.6 Å². The molecule has 1 atom stereocenters. The number of hydrogen-bond acceptors (Lipinski definition) is 8. The van der Waals surface area contributed by atoms with Crippen LogP contribution in [0.1, 0.15) is 15.9 Å². The predicted molar refractivity (Wildman–Crippen MR) is 145 cm³/mol. The second-order valence-corrected chi connectivity index (χ2v) is 9.79. The highest BCUT2D eigenvalue weighted by molar-refractivity contribution is 5.97. The number of pyridine rings is 1. The Morgan fingerprint density at radius 1 is 0.974 bits per heavy atom. The fourth-order valence-electron chi connectivity index (χ4n) is 5.06. The second-order valence-electron chi connectivity index (χ2n) is 9.79. The molecule has 202 valence electrons. The van der Waals surface area contributed by atoms with Crippen LogP contribution in [0.3, 0.4) is 0 Å².